The highest BCUT2D eigenvalue weighted by atomic mass is 32.2. The summed E-state index contributed by atoms with van der Waals surface area (Å²) in [5.41, 5.74) is 6.71. The van der Waals surface area contributed by atoms with Crippen molar-refractivity contribution in [2.75, 3.05) is 18.8 Å². The standard InChI is InChI=1S/C23H32N4O3S2/c1-2-3-6-12-27-22(30)19-16-9-4-5-10-17(16)32-21(19)25-23(27)31-14-18(28)26-11-7-8-15(13-26)20(24)29/h15H,2-14H2,1H3,(H2,24,29). The van der Waals surface area contributed by atoms with Crippen molar-refractivity contribution in [2.24, 2.45) is 11.7 Å². The van der Waals surface area contributed by atoms with Gasteiger partial charge in [-0.25, -0.2) is 4.98 Å². The van der Waals surface area contributed by atoms with Gasteiger partial charge in [0, 0.05) is 24.5 Å². The van der Waals surface area contributed by atoms with Crippen molar-refractivity contribution in [3.63, 3.8) is 0 Å². The Hall–Kier alpha value is -1.87. The van der Waals surface area contributed by atoms with Crippen LogP contribution in [0.5, 0.6) is 0 Å². The number of hydrogen-bond donors (Lipinski definition) is 1. The van der Waals surface area contributed by atoms with Crippen LogP contribution in [0, 0.1) is 5.92 Å². The predicted molar refractivity (Wildman–Crippen MR) is 129 cm³/mol. The molecule has 3 heterocycles. The number of thiophene rings is 1. The molecule has 2 aromatic rings. The maximum atomic E-state index is 13.5. The maximum Gasteiger partial charge on any atom is 0.263 e. The molecular weight excluding hydrogens is 444 g/mol. The minimum atomic E-state index is -0.339. The number of nitrogens with two attached hydrogens (primary N) is 1. The van der Waals surface area contributed by atoms with Crippen molar-refractivity contribution < 1.29 is 9.59 Å². The lowest BCUT2D eigenvalue weighted by Gasteiger charge is -2.31. The number of amides is 2. The summed E-state index contributed by atoms with van der Waals surface area (Å²) in [4.78, 5) is 46.6. The van der Waals surface area contributed by atoms with E-state index in [1.54, 1.807) is 20.8 Å². The molecule has 1 aliphatic carbocycles. The highest BCUT2D eigenvalue weighted by Gasteiger charge is 2.28. The molecule has 4 rings (SSSR count). The van der Waals surface area contributed by atoms with E-state index in [1.165, 1.54) is 28.6 Å². The van der Waals surface area contributed by atoms with E-state index in [4.69, 9.17) is 10.7 Å². The summed E-state index contributed by atoms with van der Waals surface area (Å²) in [6.07, 6.45) is 8.87. The van der Waals surface area contributed by atoms with Crippen LogP contribution in [0.3, 0.4) is 0 Å². The van der Waals surface area contributed by atoms with Gasteiger partial charge in [-0.05, 0) is 50.5 Å². The van der Waals surface area contributed by atoms with E-state index in [0.717, 1.165) is 61.6 Å². The van der Waals surface area contributed by atoms with Gasteiger partial charge in [0.15, 0.2) is 5.16 Å². The molecule has 2 aliphatic rings. The van der Waals surface area contributed by atoms with Gasteiger partial charge in [-0.2, -0.15) is 0 Å². The average molecular weight is 477 g/mol. The molecule has 2 amide bonds. The Balaban J connectivity index is 1.57. The number of fused-ring (bicyclic) bond motifs is 3. The zero-order chi connectivity index (χ0) is 22.7. The summed E-state index contributed by atoms with van der Waals surface area (Å²) in [5.74, 6) is -0.422. The number of carbonyl (C=O) groups is 2. The summed E-state index contributed by atoms with van der Waals surface area (Å²) >= 11 is 2.99. The van der Waals surface area contributed by atoms with Gasteiger partial charge in [0.25, 0.3) is 5.56 Å². The van der Waals surface area contributed by atoms with Crippen LogP contribution in [0.25, 0.3) is 10.2 Å². The normalized spacial score (nSPS) is 18.7. The van der Waals surface area contributed by atoms with E-state index in [1.807, 2.05) is 0 Å². The van der Waals surface area contributed by atoms with Crippen LogP contribution in [0.2, 0.25) is 0 Å². The molecule has 0 spiro atoms. The van der Waals surface area contributed by atoms with Crippen LogP contribution in [0.4, 0.5) is 0 Å². The second-order valence-corrected chi connectivity index (χ2v) is 10.8. The van der Waals surface area contributed by atoms with Gasteiger partial charge in [0.05, 0.1) is 17.1 Å². The molecule has 7 nitrogen and oxygen atoms in total. The van der Waals surface area contributed by atoms with Crippen molar-refractivity contribution >= 4 is 45.1 Å². The minimum Gasteiger partial charge on any atom is -0.369 e. The lowest BCUT2D eigenvalue weighted by molar-refractivity contribution is -0.132. The van der Waals surface area contributed by atoms with Crippen molar-refractivity contribution in [1.29, 1.82) is 0 Å². The molecule has 0 aromatic carbocycles. The number of nitrogens with zero attached hydrogens (tertiary/aromatic N) is 3. The van der Waals surface area contributed by atoms with E-state index in [0.29, 0.717) is 24.8 Å². The van der Waals surface area contributed by atoms with Crippen LogP contribution in [-0.4, -0.2) is 45.1 Å². The largest absolute Gasteiger partial charge is 0.369 e. The average Bonchev–Trinajstić information content (AvgIpc) is 3.17. The first kappa shape index (κ1) is 23.3. The molecule has 1 atom stereocenters. The maximum absolute atomic E-state index is 13.5. The van der Waals surface area contributed by atoms with Crippen molar-refractivity contribution in [3.8, 4) is 0 Å². The second-order valence-electron chi connectivity index (χ2n) is 8.82. The van der Waals surface area contributed by atoms with Crippen LogP contribution >= 0.6 is 23.1 Å². The van der Waals surface area contributed by atoms with Gasteiger partial charge in [-0.1, -0.05) is 31.5 Å². The van der Waals surface area contributed by atoms with Gasteiger partial charge in [0.1, 0.15) is 4.83 Å². The molecule has 2 aromatic heterocycles. The number of piperidine rings is 1. The molecule has 1 saturated heterocycles. The van der Waals surface area contributed by atoms with Gasteiger partial charge in [-0.15, -0.1) is 11.3 Å². The Morgan fingerprint density at radius 2 is 2.03 bits per heavy atom. The first-order valence-electron chi connectivity index (χ1n) is 11.7. The number of rotatable bonds is 8. The molecule has 1 unspecified atom stereocenters. The van der Waals surface area contributed by atoms with Crippen LogP contribution in [0.1, 0.15) is 62.3 Å². The van der Waals surface area contributed by atoms with Crippen LogP contribution < -0.4 is 11.3 Å². The Morgan fingerprint density at radius 3 is 2.81 bits per heavy atom. The zero-order valence-electron chi connectivity index (χ0n) is 18.7. The van der Waals surface area contributed by atoms with Gasteiger partial charge < -0.3 is 10.6 Å². The molecule has 2 N–H and O–H groups in total. The van der Waals surface area contributed by atoms with E-state index < -0.39 is 0 Å². The number of aromatic nitrogens is 2. The zero-order valence-corrected chi connectivity index (χ0v) is 20.4. The fraction of sp³-hybridized carbons (Fsp3) is 0.652. The number of unbranched alkanes of at least 4 members (excludes halogenated alkanes) is 2. The quantitative estimate of drug-likeness (QED) is 0.358. The Morgan fingerprint density at radius 1 is 1.22 bits per heavy atom. The molecule has 0 bridgehead atoms. The smallest absolute Gasteiger partial charge is 0.263 e. The highest BCUT2D eigenvalue weighted by molar-refractivity contribution is 7.99. The Labute approximate surface area is 196 Å². The van der Waals surface area contributed by atoms with Gasteiger partial charge in [0.2, 0.25) is 11.8 Å². The highest BCUT2D eigenvalue weighted by Crippen LogP contribution is 2.35. The molecule has 1 aliphatic heterocycles. The summed E-state index contributed by atoms with van der Waals surface area (Å²) in [5, 5.41) is 1.44. The third-order valence-corrected chi connectivity index (χ3v) is 8.67. The fourth-order valence-electron chi connectivity index (χ4n) is 4.70. The van der Waals surface area contributed by atoms with E-state index in [-0.39, 0.29) is 29.0 Å². The summed E-state index contributed by atoms with van der Waals surface area (Å²) in [7, 11) is 0. The molecule has 174 valence electrons. The first-order chi connectivity index (χ1) is 15.5. The van der Waals surface area contributed by atoms with E-state index >= 15 is 0 Å². The van der Waals surface area contributed by atoms with Crippen LogP contribution in [0.15, 0.2) is 9.95 Å². The first-order valence-corrected chi connectivity index (χ1v) is 13.5. The number of carbonyl (C=O) groups excluding carboxylic acids is 2. The molecule has 32 heavy (non-hydrogen) atoms. The summed E-state index contributed by atoms with van der Waals surface area (Å²) in [6.45, 7) is 3.81. The predicted octanol–water partition coefficient (Wildman–Crippen LogP) is 3.34. The van der Waals surface area contributed by atoms with Crippen molar-refractivity contribution in [1.82, 2.24) is 14.5 Å². The third-order valence-electron chi connectivity index (χ3n) is 6.53. The lowest BCUT2D eigenvalue weighted by Crippen LogP contribution is -2.44. The van der Waals surface area contributed by atoms with Crippen molar-refractivity contribution in [3.05, 3.63) is 20.8 Å². The van der Waals surface area contributed by atoms with Gasteiger partial charge >= 0.3 is 0 Å². The number of thioether (sulfide) groups is 1. The number of likely N-dealkylation sites (tertiary alicyclic amines) is 1. The van der Waals surface area contributed by atoms with E-state index in [2.05, 4.69) is 6.92 Å². The topological polar surface area (TPSA) is 98.3 Å². The minimum absolute atomic E-state index is 0.0270. The molecular formula is C23H32N4O3S2. The second kappa shape index (κ2) is 10.4. The molecule has 9 heteroatoms. The Kier molecular flexibility index (Phi) is 7.55. The van der Waals surface area contributed by atoms with Crippen LogP contribution in [-0.2, 0) is 29.0 Å². The fourth-order valence-corrected chi connectivity index (χ4v) is 6.93. The number of aryl methyl sites for hydroxylation is 2. The summed E-state index contributed by atoms with van der Waals surface area (Å²) in [6, 6.07) is 0. The molecule has 0 radical (unpaired) electrons. The van der Waals surface area contributed by atoms with Crippen molar-refractivity contribution in [2.45, 2.75) is 76.4 Å². The third kappa shape index (κ3) is 4.88. The SMILES string of the molecule is CCCCCn1c(SCC(=O)N2CCCC(C(N)=O)C2)nc2sc3c(c2c1=O)CCCC3. The molecule has 0 saturated carbocycles. The lowest BCUT2D eigenvalue weighted by atomic mass is 9.97. The monoisotopic (exact) mass is 476 g/mol. The summed E-state index contributed by atoms with van der Waals surface area (Å²) < 4.78 is 1.79. The number of hydrogen-bond acceptors (Lipinski definition) is 6. The van der Waals surface area contributed by atoms with E-state index in [9.17, 15) is 14.4 Å². The molecule has 1 fully saturated rings. The number of primary amides is 1. The van der Waals surface area contributed by atoms with Gasteiger partial charge in [-0.3, -0.25) is 19.0 Å². The Bertz CT molecular complexity index is 1060.